The normalized spacial score (nSPS) is 16.4. The summed E-state index contributed by atoms with van der Waals surface area (Å²) in [5.74, 6) is -0.456. The zero-order valence-electron chi connectivity index (χ0n) is 13.6. The number of benzene rings is 1. The Morgan fingerprint density at radius 1 is 1.14 bits per heavy atom. The Morgan fingerprint density at radius 2 is 1.68 bits per heavy atom. The van der Waals surface area contributed by atoms with E-state index in [-0.39, 0.29) is 18.4 Å². The van der Waals surface area contributed by atoms with Gasteiger partial charge in [0.2, 0.25) is 11.8 Å². The van der Waals surface area contributed by atoms with Crippen molar-refractivity contribution >= 4 is 17.5 Å². The third-order valence-corrected chi connectivity index (χ3v) is 4.30. The highest BCUT2D eigenvalue weighted by molar-refractivity contribution is 5.97. The van der Waals surface area contributed by atoms with Gasteiger partial charge in [-0.1, -0.05) is 30.5 Å². The molecule has 0 unspecified atom stereocenters. The Hall–Kier alpha value is -1.88. The summed E-state index contributed by atoms with van der Waals surface area (Å²) in [6.07, 6.45) is 3.32. The Kier molecular flexibility index (Phi) is 4.86. The quantitative estimate of drug-likeness (QED) is 0.794. The van der Waals surface area contributed by atoms with Gasteiger partial charge in [-0.25, -0.2) is 0 Å². The van der Waals surface area contributed by atoms with Crippen LogP contribution >= 0.6 is 0 Å². The zero-order chi connectivity index (χ0) is 16.3. The van der Waals surface area contributed by atoms with Crippen molar-refractivity contribution in [3.8, 4) is 0 Å². The van der Waals surface area contributed by atoms with Gasteiger partial charge < -0.3 is 16.4 Å². The van der Waals surface area contributed by atoms with Crippen LogP contribution in [-0.4, -0.2) is 23.9 Å². The van der Waals surface area contributed by atoms with E-state index in [9.17, 15) is 9.59 Å². The van der Waals surface area contributed by atoms with Gasteiger partial charge in [-0.2, -0.15) is 0 Å². The van der Waals surface area contributed by atoms with Crippen molar-refractivity contribution in [2.45, 2.75) is 52.0 Å². The first-order valence-electron chi connectivity index (χ1n) is 7.77. The number of rotatable bonds is 4. The van der Waals surface area contributed by atoms with Gasteiger partial charge in [0.25, 0.3) is 0 Å². The molecule has 0 radical (unpaired) electrons. The van der Waals surface area contributed by atoms with Gasteiger partial charge in [-0.3, -0.25) is 9.59 Å². The average molecular weight is 303 g/mol. The molecule has 1 aliphatic rings. The van der Waals surface area contributed by atoms with E-state index < -0.39 is 5.54 Å². The number of amides is 2. The third-order valence-electron chi connectivity index (χ3n) is 4.30. The molecule has 0 bridgehead atoms. The highest BCUT2D eigenvalue weighted by Gasteiger charge is 2.36. The molecule has 0 spiro atoms. The maximum atomic E-state index is 12.1. The van der Waals surface area contributed by atoms with Crippen LogP contribution in [0.2, 0.25) is 0 Å². The number of nitrogens with two attached hydrogens (primary N) is 1. The van der Waals surface area contributed by atoms with Crippen molar-refractivity contribution in [3.05, 3.63) is 28.8 Å². The molecular formula is C17H25N3O2. The summed E-state index contributed by atoms with van der Waals surface area (Å²) in [6, 6.07) is 4.04. The predicted molar refractivity (Wildman–Crippen MR) is 87.7 cm³/mol. The minimum absolute atomic E-state index is 0.0511. The standard InChI is InChI=1S/C17H25N3O2/c1-11-8-12(2)15(13(3)9-11)20-14(21)10-19-16(22)17(18)6-4-5-7-17/h8-9H,4-7,10,18H2,1-3H3,(H,19,22)(H,20,21). The van der Waals surface area contributed by atoms with Crippen LogP contribution < -0.4 is 16.4 Å². The van der Waals surface area contributed by atoms with Gasteiger partial charge in [-0.15, -0.1) is 0 Å². The van der Waals surface area contributed by atoms with Crippen LogP contribution in [0.1, 0.15) is 42.4 Å². The van der Waals surface area contributed by atoms with E-state index in [1.165, 1.54) is 0 Å². The molecule has 0 heterocycles. The molecule has 0 aromatic heterocycles. The van der Waals surface area contributed by atoms with Crippen LogP contribution in [0, 0.1) is 20.8 Å². The predicted octanol–water partition coefficient (Wildman–Crippen LogP) is 1.94. The van der Waals surface area contributed by atoms with Gasteiger partial charge in [-0.05, 0) is 44.7 Å². The van der Waals surface area contributed by atoms with E-state index in [0.29, 0.717) is 12.8 Å². The molecule has 0 aliphatic heterocycles. The molecule has 0 atom stereocenters. The van der Waals surface area contributed by atoms with Crippen molar-refractivity contribution in [3.63, 3.8) is 0 Å². The van der Waals surface area contributed by atoms with Crippen LogP contribution in [0.3, 0.4) is 0 Å². The van der Waals surface area contributed by atoms with Crippen LogP contribution in [-0.2, 0) is 9.59 Å². The Labute approximate surface area is 131 Å². The molecule has 2 rings (SSSR count). The molecule has 0 saturated heterocycles. The number of hydrogen-bond donors (Lipinski definition) is 3. The molecule has 1 aliphatic carbocycles. The molecule has 1 aromatic rings. The molecule has 22 heavy (non-hydrogen) atoms. The first-order chi connectivity index (χ1) is 10.3. The van der Waals surface area contributed by atoms with Crippen LogP contribution in [0.5, 0.6) is 0 Å². The molecule has 1 fully saturated rings. The lowest BCUT2D eigenvalue weighted by Gasteiger charge is -2.22. The second-order valence-corrected chi connectivity index (χ2v) is 6.37. The highest BCUT2D eigenvalue weighted by atomic mass is 16.2. The smallest absolute Gasteiger partial charge is 0.243 e. The summed E-state index contributed by atoms with van der Waals surface area (Å²) in [7, 11) is 0. The molecular weight excluding hydrogens is 278 g/mol. The topological polar surface area (TPSA) is 84.2 Å². The Bertz CT molecular complexity index is 567. The van der Waals surface area contributed by atoms with Gasteiger partial charge in [0.15, 0.2) is 0 Å². The number of anilines is 1. The molecule has 2 amide bonds. The number of aryl methyl sites for hydroxylation is 3. The number of nitrogens with one attached hydrogen (secondary N) is 2. The van der Waals surface area contributed by atoms with E-state index in [1.807, 2.05) is 32.9 Å². The van der Waals surface area contributed by atoms with Gasteiger partial charge in [0, 0.05) is 5.69 Å². The van der Waals surface area contributed by atoms with E-state index in [1.54, 1.807) is 0 Å². The van der Waals surface area contributed by atoms with Crippen LogP contribution in [0.25, 0.3) is 0 Å². The van der Waals surface area contributed by atoms with Gasteiger partial charge >= 0.3 is 0 Å². The molecule has 1 aromatic carbocycles. The van der Waals surface area contributed by atoms with E-state index in [2.05, 4.69) is 10.6 Å². The first-order valence-corrected chi connectivity index (χ1v) is 7.77. The van der Waals surface area contributed by atoms with Gasteiger partial charge in [0.1, 0.15) is 0 Å². The monoisotopic (exact) mass is 303 g/mol. The minimum atomic E-state index is -0.796. The minimum Gasteiger partial charge on any atom is -0.345 e. The van der Waals surface area contributed by atoms with Gasteiger partial charge in [0.05, 0.1) is 12.1 Å². The molecule has 120 valence electrons. The molecule has 5 heteroatoms. The molecule has 4 N–H and O–H groups in total. The van der Waals surface area contributed by atoms with E-state index in [4.69, 9.17) is 5.73 Å². The van der Waals surface area contributed by atoms with Crippen molar-refractivity contribution in [2.24, 2.45) is 5.73 Å². The van der Waals surface area contributed by atoms with Crippen LogP contribution in [0.15, 0.2) is 12.1 Å². The largest absolute Gasteiger partial charge is 0.345 e. The lowest BCUT2D eigenvalue weighted by Crippen LogP contribution is -2.53. The first kappa shape index (κ1) is 16.5. The fourth-order valence-electron chi connectivity index (χ4n) is 3.13. The van der Waals surface area contributed by atoms with E-state index >= 15 is 0 Å². The maximum absolute atomic E-state index is 12.1. The fourth-order valence-corrected chi connectivity index (χ4v) is 3.13. The Morgan fingerprint density at radius 3 is 2.23 bits per heavy atom. The van der Waals surface area contributed by atoms with Crippen molar-refractivity contribution in [1.29, 1.82) is 0 Å². The summed E-state index contributed by atoms with van der Waals surface area (Å²) >= 11 is 0. The number of carbonyl (C=O) groups is 2. The fraction of sp³-hybridized carbons (Fsp3) is 0.529. The highest BCUT2D eigenvalue weighted by Crippen LogP contribution is 2.27. The van der Waals surface area contributed by atoms with Crippen molar-refractivity contribution in [1.82, 2.24) is 5.32 Å². The number of carbonyl (C=O) groups excluding carboxylic acids is 2. The summed E-state index contributed by atoms with van der Waals surface area (Å²) in [4.78, 5) is 24.1. The Balaban J connectivity index is 1.92. The second kappa shape index (κ2) is 6.48. The third kappa shape index (κ3) is 3.65. The maximum Gasteiger partial charge on any atom is 0.243 e. The summed E-state index contributed by atoms with van der Waals surface area (Å²) in [5, 5.41) is 5.53. The summed E-state index contributed by atoms with van der Waals surface area (Å²) in [6.45, 7) is 5.89. The van der Waals surface area contributed by atoms with Crippen molar-refractivity contribution in [2.75, 3.05) is 11.9 Å². The zero-order valence-corrected chi connectivity index (χ0v) is 13.6. The molecule has 1 saturated carbocycles. The SMILES string of the molecule is Cc1cc(C)c(NC(=O)CNC(=O)C2(N)CCCC2)c(C)c1. The van der Waals surface area contributed by atoms with E-state index in [0.717, 1.165) is 35.2 Å². The number of hydrogen-bond acceptors (Lipinski definition) is 3. The average Bonchev–Trinajstić information content (AvgIpc) is 2.88. The summed E-state index contributed by atoms with van der Waals surface area (Å²) in [5.41, 5.74) is 9.27. The lowest BCUT2D eigenvalue weighted by molar-refractivity contribution is -0.128. The van der Waals surface area contributed by atoms with Crippen LogP contribution in [0.4, 0.5) is 5.69 Å². The lowest BCUT2D eigenvalue weighted by atomic mass is 9.98. The van der Waals surface area contributed by atoms with Crippen molar-refractivity contribution < 1.29 is 9.59 Å². The molecule has 5 nitrogen and oxygen atoms in total. The second-order valence-electron chi connectivity index (χ2n) is 6.37. The summed E-state index contributed by atoms with van der Waals surface area (Å²) < 4.78 is 0.